The number of ether oxygens (including phenoxy) is 1. The summed E-state index contributed by atoms with van der Waals surface area (Å²) in [5.74, 6) is -0.393. The first-order valence-corrected chi connectivity index (χ1v) is 12.9. The molecule has 0 radical (unpaired) electrons. The van der Waals surface area contributed by atoms with Gasteiger partial charge in [0, 0.05) is 0 Å². The van der Waals surface area contributed by atoms with Crippen molar-refractivity contribution in [3.63, 3.8) is 0 Å². The fraction of sp³-hybridized carbons (Fsp3) is 0.250. The molecule has 0 fully saturated rings. The van der Waals surface area contributed by atoms with E-state index in [1.807, 2.05) is 32.0 Å². The number of anilines is 2. The van der Waals surface area contributed by atoms with Gasteiger partial charge in [-0.1, -0.05) is 41.4 Å². The number of nitrogens with one attached hydrogen (secondary N) is 1. The Morgan fingerprint density at radius 2 is 1.83 bits per heavy atom. The minimum absolute atomic E-state index is 0.110. The lowest BCUT2D eigenvalue weighted by Gasteiger charge is -2.28. The molecule has 4 rings (SSSR count). The van der Waals surface area contributed by atoms with E-state index in [1.54, 1.807) is 36.4 Å². The van der Waals surface area contributed by atoms with E-state index >= 15 is 0 Å². The summed E-state index contributed by atoms with van der Waals surface area (Å²) in [7, 11) is -0.257. The van der Waals surface area contributed by atoms with E-state index in [2.05, 4.69) is 10.3 Å². The highest BCUT2D eigenvalue weighted by Gasteiger charge is 2.34. The number of amides is 1. The van der Waals surface area contributed by atoms with Gasteiger partial charge >= 0.3 is 0 Å². The number of benzene rings is 2. The second-order valence-electron chi connectivity index (χ2n) is 8.38. The maximum atomic E-state index is 13.8. The molecule has 0 spiro atoms. The van der Waals surface area contributed by atoms with Crippen molar-refractivity contribution in [3.8, 4) is 5.88 Å². The highest BCUT2D eigenvalue weighted by atomic mass is 35.5. The molecule has 2 aromatic carbocycles. The first-order chi connectivity index (χ1) is 16.6. The molecule has 2 heterocycles. The predicted molar refractivity (Wildman–Crippen MR) is 137 cm³/mol. The van der Waals surface area contributed by atoms with Crippen molar-refractivity contribution < 1.29 is 17.9 Å². The minimum atomic E-state index is -3.97. The third kappa shape index (κ3) is 5.23. The van der Waals surface area contributed by atoms with Crippen molar-refractivity contribution in [2.75, 3.05) is 36.9 Å². The number of carbonyl (C=O) groups excluding carboxylic acids is 1. The zero-order chi connectivity index (χ0) is 25.3. The number of halogens is 2. The minimum Gasteiger partial charge on any atom is -0.474 e. The number of nitrogens with zero attached hydrogens (tertiary/aromatic N) is 3. The Morgan fingerprint density at radius 1 is 1.14 bits per heavy atom. The van der Waals surface area contributed by atoms with E-state index < -0.39 is 15.9 Å². The first kappa shape index (κ1) is 25.2. The van der Waals surface area contributed by atoms with Gasteiger partial charge in [0.05, 0.1) is 45.0 Å². The zero-order valence-corrected chi connectivity index (χ0v) is 21.7. The van der Waals surface area contributed by atoms with E-state index in [9.17, 15) is 13.2 Å². The lowest BCUT2D eigenvalue weighted by atomic mass is 10.2. The topological polar surface area (TPSA) is 91.8 Å². The lowest BCUT2D eigenvalue weighted by molar-refractivity contribution is 0.102. The van der Waals surface area contributed by atoms with Gasteiger partial charge in [-0.05, 0) is 56.9 Å². The molecule has 1 aromatic heterocycles. The van der Waals surface area contributed by atoms with Gasteiger partial charge in [-0.3, -0.25) is 9.10 Å². The van der Waals surface area contributed by atoms with Crippen LogP contribution in [0.3, 0.4) is 0 Å². The predicted octanol–water partition coefficient (Wildman–Crippen LogP) is 4.47. The van der Waals surface area contributed by atoms with E-state index in [0.29, 0.717) is 0 Å². The van der Waals surface area contributed by atoms with Crippen molar-refractivity contribution in [2.45, 2.75) is 17.9 Å². The number of aromatic nitrogens is 1. The normalized spacial score (nSPS) is 15.8. The molecule has 3 aromatic rings. The summed E-state index contributed by atoms with van der Waals surface area (Å²) in [5, 5.41) is 3.09. The molecule has 8 nitrogen and oxygen atoms in total. The zero-order valence-electron chi connectivity index (χ0n) is 19.3. The molecule has 184 valence electrons. The van der Waals surface area contributed by atoms with E-state index in [0.717, 1.165) is 5.56 Å². The Bertz CT molecular complexity index is 1360. The molecular formula is C24H24Cl2N4O4S. The smallest absolute Gasteiger partial charge is 0.264 e. The molecule has 1 aliphatic heterocycles. The molecule has 1 aliphatic rings. The van der Waals surface area contributed by atoms with Gasteiger partial charge < -0.3 is 15.0 Å². The summed E-state index contributed by atoms with van der Waals surface area (Å²) >= 11 is 12.3. The van der Waals surface area contributed by atoms with Crippen LogP contribution in [0.4, 0.5) is 11.4 Å². The second-order valence-corrected chi connectivity index (χ2v) is 11.1. The van der Waals surface area contributed by atoms with Gasteiger partial charge in [-0.2, -0.15) is 0 Å². The first-order valence-electron chi connectivity index (χ1n) is 10.7. The van der Waals surface area contributed by atoms with Gasteiger partial charge in [0.1, 0.15) is 12.3 Å². The van der Waals surface area contributed by atoms with Crippen LogP contribution >= 0.6 is 23.2 Å². The quantitative estimate of drug-likeness (QED) is 0.519. The monoisotopic (exact) mass is 534 g/mol. The Hall–Kier alpha value is -2.85. The molecule has 1 atom stereocenters. The van der Waals surface area contributed by atoms with E-state index in [1.165, 1.54) is 16.6 Å². The van der Waals surface area contributed by atoms with Crippen LogP contribution in [0.5, 0.6) is 5.88 Å². The van der Waals surface area contributed by atoms with Gasteiger partial charge in [-0.25, -0.2) is 13.4 Å². The summed E-state index contributed by atoms with van der Waals surface area (Å²) < 4.78 is 34.7. The number of sulfonamides is 1. The SMILES string of the molecule is Cc1cccc(S(=O)(=O)N2CC(N(C)C)COc3ncc(NC(=O)c4c(Cl)cccc4Cl)cc32)c1. The van der Waals surface area contributed by atoms with E-state index in [4.69, 9.17) is 27.9 Å². The largest absolute Gasteiger partial charge is 0.474 e. The summed E-state index contributed by atoms with van der Waals surface area (Å²) in [6.07, 6.45) is 1.40. The third-order valence-corrected chi connectivity index (χ3v) is 8.05. The molecule has 0 saturated heterocycles. The maximum Gasteiger partial charge on any atom is 0.264 e. The number of carbonyl (C=O) groups is 1. The van der Waals surface area contributed by atoms with Crippen molar-refractivity contribution in [1.82, 2.24) is 9.88 Å². The van der Waals surface area contributed by atoms with Crippen molar-refractivity contribution in [3.05, 3.63) is 75.9 Å². The highest BCUT2D eigenvalue weighted by Crippen LogP contribution is 2.36. The molecule has 35 heavy (non-hydrogen) atoms. The third-order valence-electron chi connectivity index (χ3n) is 5.65. The molecular weight excluding hydrogens is 511 g/mol. The van der Waals surface area contributed by atoms with E-state index in [-0.39, 0.29) is 57.0 Å². The fourth-order valence-corrected chi connectivity index (χ4v) is 5.83. The molecule has 0 bridgehead atoms. The van der Waals surface area contributed by atoms with Crippen molar-refractivity contribution >= 4 is 50.5 Å². The van der Waals surface area contributed by atoms with Gasteiger partial charge in [0.25, 0.3) is 15.9 Å². The maximum absolute atomic E-state index is 13.8. The second kappa shape index (κ2) is 10.0. The lowest BCUT2D eigenvalue weighted by Crippen LogP contribution is -2.44. The Balaban J connectivity index is 1.77. The van der Waals surface area contributed by atoms with Crippen molar-refractivity contribution in [1.29, 1.82) is 0 Å². The number of likely N-dealkylation sites (N-methyl/N-ethyl adjacent to an activating group) is 1. The molecule has 0 saturated carbocycles. The average molecular weight is 535 g/mol. The van der Waals surface area contributed by atoms with Crippen LogP contribution in [0, 0.1) is 6.92 Å². The Labute approximate surface area is 214 Å². The summed E-state index contributed by atoms with van der Waals surface area (Å²) in [6.45, 7) is 2.20. The fourth-order valence-electron chi connectivity index (χ4n) is 3.67. The number of fused-ring (bicyclic) bond motifs is 1. The standard InChI is InChI=1S/C24H24Cl2N4O4S/c1-15-6-4-7-18(10-15)35(32,33)30-13-17(29(2)3)14-34-24-21(30)11-16(12-27-24)28-23(31)22-19(25)8-5-9-20(22)26/h4-12,17H,13-14H2,1-3H3,(H,28,31). The van der Waals surface area contributed by atoms with Crippen LogP contribution in [-0.2, 0) is 10.0 Å². The van der Waals surface area contributed by atoms with Crippen LogP contribution in [0.25, 0.3) is 0 Å². The number of rotatable bonds is 5. The summed E-state index contributed by atoms with van der Waals surface area (Å²) in [6, 6.07) is 12.7. The van der Waals surface area contributed by atoms with Crippen LogP contribution in [0.2, 0.25) is 10.0 Å². The summed E-state index contributed by atoms with van der Waals surface area (Å²) in [4.78, 5) is 19.3. The molecule has 1 N–H and O–H groups in total. The van der Waals surface area contributed by atoms with Gasteiger partial charge in [-0.15, -0.1) is 0 Å². The van der Waals surface area contributed by atoms with Crippen LogP contribution < -0.4 is 14.4 Å². The average Bonchev–Trinajstić information content (AvgIpc) is 2.99. The Kier molecular flexibility index (Phi) is 7.23. The van der Waals surface area contributed by atoms with Crippen LogP contribution in [-0.4, -0.2) is 57.5 Å². The van der Waals surface area contributed by atoms with Crippen LogP contribution in [0.1, 0.15) is 15.9 Å². The van der Waals surface area contributed by atoms with Gasteiger partial charge in [0.2, 0.25) is 5.88 Å². The number of hydrogen-bond acceptors (Lipinski definition) is 6. The van der Waals surface area contributed by atoms with Crippen molar-refractivity contribution in [2.24, 2.45) is 0 Å². The number of aryl methyl sites for hydroxylation is 1. The Morgan fingerprint density at radius 3 is 2.49 bits per heavy atom. The molecule has 1 unspecified atom stereocenters. The highest BCUT2D eigenvalue weighted by molar-refractivity contribution is 7.92. The number of hydrogen-bond donors (Lipinski definition) is 1. The molecule has 11 heteroatoms. The van der Waals surface area contributed by atoms with Crippen LogP contribution in [0.15, 0.2) is 59.6 Å². The number of pyridine rings is 1. The van der Waals surface area contributed by atoms with Gasteiger partial charge in [0.15, 0.2) is 0 Å². The molecule has 0 aliphatic carbocycles. The molecule has 1 amide bonds. The summed E-state index contributed by atoms with van der Waals surface area (Å²) in [5.41, 5.74) is 1.41.